The lowest BCUT2D eigenvalue weighted by atomic mass is 9.90. The zero-order valence-corrected chi connectivity index (χ0v) is 20.4. The summed E-state index contributed by atoms with van der Waals surface area (Å²) in [6.07, 6.45) is 4.15. The third-order valence-corrected chi connectivity index (χ3v) is 7.36. The fourth-order valence-electron chi connectivity index (χ4n) is 5.70. The van der Waals surface area contributed by atoms with E-state index in [9.17, 15) is 0 Å². The molecule has 170 valence electrons. The van der Waals surface area contributed by atoms with Crippen molar-refractivity contribution < 1.29 is 13.4 Å². The standard InChI is InChI=1S/C31H29FNO/c1-18-12-13-33(5)26(14-18)27-19(2)6-9-23-24-10-11-25(32)28(30(24)34-29(23)27)20-7-8-21-16-31(3,4)17-22(21)15-20/h6-15H,16-17H2,1-5H3/q+1. The number of pyridine rings is 1. The van der Waals surface area contributed by atoms with Crippen molar-refractivity contribution in [3.8, 4) is 22.4 Å². The van der Waals surface area contributed by atoms with Gasteiger partial charge < -0.3 is 4.42 Å². The average molecular weight is 451 g/mol. The lowest BCUT2D eigenvalue weighted by Gasteiger charge is -2.14. The Kier molecular flexibility index (Phi) is 4.51. The number of furan rings is 1. The van der Waals surface area contributed by atoms with E-state index in [2.05, 4.69) is 80.9 Å². The number of benzene rings is 3. The Morgan fingerprint density at radius 1 is 0.824 bits per heavy atom. The fraction of sp³-hybridized carbons (Fsp3) is 0.258. The molecular weight excluding hydrogens is 421 g/mol. The van der Waals surface area contributed by atoms with E-state index in [0.29, 0.717) is 11.1 Å². The van der Waals surface area contributed by atoms with Crippen LogP contribution in [-0.2, 0) is 19.9 Å². The van der Waals surface area contributed by atoms with Crippen molar-refractivity contribution in [1.29, 1.82) is 0 Å². The van der Waals surface area contributed by atoms with Gasteiger partial charge in [0.05, 0.1) is 11.1 Å². The van der Waals surface area contributed by atoms with Gasteiger partial charge in [-0.2, -0.15) is 0 Å². The zero-order chi connectivity index (χ0) is 23.8. The molecule has 0 atom stereocenters. The highest BCUT2D eigenvalue weighted by Gasteiger charge is 2.29. The van der Waals surface area contributed by atoms with Crippen LogP contribution in [0.25, 0.3) is 44.3 Å². The van der Waals surface area contributed by atoms with Gasteiger partial charge in [0, 0.05) is 22.9 Å². The van der Waals surface area contributed by atoms with Gasteiger partial charge in [0.2, 0.25) is 5.69 Å². The van der Waals surface area contributed by atoms with Crippen molar-refractivity contribution >= 4 is 21.9 Å². The minimum absolute atomic E-state index is 0.247. The van der Waals surface area contributed by atoms with Gasteiger partial charge in [-0.3, -0.25) is 0 Å². The predicted octanol–water partition coefficient (Wildman–Crippen LogP) is 7.63. The summed E-state index contributed by atoms with van der Waals surface area (Å²) in [7, 11) is 2.05. The first-order chi connectivity index (χ1) is 16.2. The predicted molar refractivity (Wildman–Crippen MR) is 136 cm³/mol. The highest BCUT2D eigenvalue weighted by atomic mass is 19.1. The molecule has 5 aromatic rings. The third kappa shape index (κ3) is 3.18. The summed E-state index contributed by atoms with van der Waals surface area (Å²) in [6.45, 7) is 8.79. The summed E-state index contributed by atoms with van der Waals surface area (Å²) in [5.74, 6) is -0.247. The van der Waals surface area contributed by atoms with Crippen LogP contribution in [0.4, 0.5) is 4.39 Å². The molecule has 0 spiro atoms. The number of rotatable bonds is 2. The van der Waals surface area contributed by atoms with Gasteiger partial charge in [-0.1, -0.05) is 44.2 Å². The molecule has 0 saturated heterocycles. The molecule has 0 N–H and O–H groups in total. The van der Waals surface area contributed by atoms with Crippen molar-refractivity contribution in [2.45, 2.75) is 40.5 Å². The van der Waals surface area contributed by atoms with Crippen LogP contribution in [0, 0.1) is 25.1 Å². The van der Waals surface area contributed by atoms with Crippen molar-refractivity contribution in [2.75, 3.05) is 0 Å². The van der Waals surface area contributed by atoms with Crippen LogP contribution < -0.4 is 4.57 Å². The first-order valence-corrected chi connectivity index (χ1v) is 11.9. The Hall–Kier alpha value is -3.46. The summed E-state index contributed by atoms with van der Waals surface area (Å²) in [4.78, 5) is 0. The molecule has 34 heavy (non-hydrogen) atoms. The number of nitrogens with zero attached hydrogens (tertiary/aromatic N) is 1. The lowest BCUT2D eigenvalue weighted by molar-refractivity contribution is -0.660. The normalized spacial score (nSPS) is 14.8. The Balaban J connectivity index is 1.64. The maximum absolute atomic E-state index is 15.4. The molecule has 6 rings (SSSR count). The van der Waals surface area contributed by atoms with Gasteiger partial charge in [-0.05, 0) is 72.1 Å². The molecular formula is C31H29FNO+. The van der Waals surface area contributed by atoms with E-state index in [1.807, 2.05) is 13.1 Å². The quantitative estimate of drug-likeness (QED) is 0.253. The molecule has 1 aliphatic rings. The minimum atomic E-state index is -0.247. The molecule has 0 aliphatic heterocycles. The van der Waals surface area contributed by atoms with E-state index in [1.54, 1.807) is 6.07 Å². The number of hydrogen-bond donors (Lipinski definition) is 0. The topological polar surface area (TPSA) is 17.0 Å². The van der Waals surface area contributed by atoms with Gasteiger partial charge in [0.15, 0.2) is 6.20 Å². The second-order valence-electron chi connectivity index (χ2n) is 10.7. The van der Waals surface area contributed by atoms with Crippen LogP contribution in [0.2, 0.25) is 0 Å². The molecule has 0 amide bonds. The van der Waals surface area contributed by atoms with Crippen LogP contribution in [0.5, 0.6) is 0 Å². The third-order valence-electron chi connectivity index (χ3n) is 7.36. The Bertz CT molecular complexity index is 1620. The van der Waals surface area contributed by atoms with Gasteiger partial charge >= 0.3 is 0 Å². The first kappa shape index (κ1) is 21.1. The second kappa shape index (κ2) is 7.27. The average Bonchev–Trinajstić information content (AvgIpc) is 3.30. The molecule has 2 nitrogen and oxygen atoms in total. The first-order valence-electron chi connectivity index (χ1n) is 11.9. The molecule has 3 heteroatoms. The molecule has 0 saturated carbocycles. The van der Waals surface area contributed by atoms with Gasteiger partial charge in [0.25, 0.3) is 0 Å². The van der Waals surface area contributed by atoms with Crippen LogP contribution >= 0.6 is 0 Å². The largest absolute Gasteiger partial charge is 0.454 e. The zero-order valence-electron chi connectivity index (χ0n) is 20.4. The van der Waals surface area contributed by atoms with E-state index in [0.717, 1.165) is 51.6 Å². The number of fused-ring (bicyclic) bond motifs is 4. The molecule has 0 radical (unpaired) electrons. The van der Waals surface area contributed by atoms with Crippen molar-refractivity contribution in [1.82, 2.24) is 0 Å². The monoisotopic (exact) mass is 450 g/mol. The van der Waals surface area contributed by atoms with E-state index in [-0.39, 0.29) is 11.2 Å². The second-order valence-corrected chi connectivity index (χ2v) is 10.7. The summed E-state index contributed by atoms with van der Waals surface area (Å²) in [5.41, 5.74) is 10.3. The summed E-state index contributed by atoms with van der Waals surface area (Å²) in [6, 6.07) is 18.3. The van der Waals surface area contributed by atoms with Gasteiger partial charge in [0.1, 0.15) is 24.0 Å². The smallest absolute Gasteiger partial charge is 0.216 e. The van der Waals surface area contributed by atoms with Crippen LogP contribution in [-0.4, -0.2) is 0 Å². The number of aryl methyl sites for hydroxylation is 3. The van der Waals surface area contributed by atoms with Crippen molar-refractivity contribution in [3.05, 3.63) is 88.9 Å². The maximum Gasteiger partial charge on any atom is 0.216 e. The SMILES string of the molecule is Cc1cc[n+](C)c(-c2c(C)ccc3c2oc2c(-c4ccc5c(c4)CC(C)(C)C5)c(F)ccc23)c1. The lowest BCUT2D eigenvalue weighted by Crippen LogP contribution is -2.30. The summed E-state index contributed by atoms with van der Waals surface area (Å²) >= 11 is 0. The molecule has 2 heterocycles. The van der Waals surface area contributed by atoms with Crippen LogP contribution in [0.15, 0.2) is 65.2 Å². The number of hydrogen-bond acceptors (Lipinski definition) is 1. The summed E-state index contributed by atoms with van der Waals surface area (Å²) in [5, 5.41) is 1.96. The highest BCUT2D eigenvalue weighted by molar-refractivity contribution is 6.13. The summed E-state index contributed by atoms with van der Waals surface area (Å²) < 4.78 is 24.1. The highest BCUT2D eigenvalue weighted by Crippen LogP contribution is 2.43. The van der Waals surface area contributed by atoms with Gasteiger partial charge in [-0.15, -0.1) is 0 Å². The molecule has 0 fully saturated rings. The Morgan fingerprint density at radius 3 is 2.32 bits per heavy atom. The molecule has 0 bridgehead atoms. The fourth-order valence-corrected chi connectivity index (χ4v) is 5.70. The van der Waals surface area contributed by atoms with E-state index in [1.165, 1.54) is 16.7 Å². The van der Waals surface area contributed by atoms with Crippen LogP contribution in [0.3, 0.4) is 0 Å². The molecule has 1 aliphatic carbocycles. The van der Waals surface area contributed by atoms with E-state index >= 15 is 4.39 Å². The number of halogens is 1. The Morgan fingerprint density at radius 2 is 1.53 bits per heavy atom. The molecule has 3 aromatic carbocycles. The van der Waals surface area contributed by atoms with Gasteiger partial charge in [-0.25, -0.2) is 8.96 Å². The van der Waals surface area contributed by atoms with Crippen molar-refractivity contribution in [3.63, 3.8) is 0 Å². The number of aromatic nitrogens is 1. The maximum atomic E-state index is 15.4. The molecule has 0 unspecified atom stereocenters. The minimum Gasteiger partial charge on any atom is -0.454 e. The molecule has 2 aromatic heterocycles. The van der Waals surface area contributed by atoms with Crippen LogP contribution in [0.1, 0.15) is 36.1 Å². The Labute approximate surface area is 199 Å². The van der Waals surface area contributed by atoms with Crippen molar-refractivity contribution in [2.24, 2.45) is 12.5 Å². The van der Waals surface area contributed by atoms with E-state index in [4.69, 9.17) is 4.42 Å². The van der Waals surface area contributed by atoms with E-state index < -0.39 is 0 Å².